The van der Waals surface area contributed by atoms with Gasteiger partial charge in [0.1, 0.15) is 5.75 Å². The number of unbranched alkanes of at least 4 members (excludes halogenated alkanes) is 3. The third kappa shape index (κ3) is 7.99. The van der Waals surface area contributed by atoms with Crippen LogP contribution in [-0.4, -0.2) is 18.4 Å². The molecule has 0 aromatic heterocycles. The summed E-state index contributed by atoms with van der Waals surface area (Å²) in [5.74, 6) is 0.346. The topological polar surface area (TPSA) is 67.4 Å². The minimum atomic E-state index is -0.222. The van der Waals surface area contributed by atoms with Crippen LogP contribution in [0.5, 0.6) is 5.75 Å². The van der Waals surface area contributed by atoms with E-state index in [1.807, 2.05) is 36.4 Å². The molecular formula is C30H36N2O3. The molecule has 35 heavy (non-hydrogen) atoms. The largest absolute Gasteiger partial charge is 0.494 e. The van der Waals surface area contributed by atoms with Crippen LogP contribution in [0.15, 0.2) is 72.8 Å². The summed E-state index contributed by atoms with van der Waals surface area (Å²) < 4.78 is 5.75. The Labute approximate surface area is 208 Å². The quantitative estimate of drug-likeness (QED) is 0.301. The summed E-state index contributed by atoms with van der Waals surface area (Å²) in [6.07, 6.45) is 4.62. The fourth-order valence-corrected chi connectivity index (χ4v) is 3.62. The van der Waals surface area contributed by atoms with Crippen LogP contribution >= 0.6 is 0 Å². The molecule has 3 aromatic rings. The van der Waals surface area contributed by atoms with Crippen molar-refractivity contribution in [3.05, 3.63) is 89.5 Å². The molecule has 3 rings (SSSR count). The Kier molecular flexibility index (Phi) is 9.07. The molecule has 0 saturated heterocycles. The third-order valence-electron chi connectivity index (χ3n) is 5.77. The van der Waals surface area contributed by atoms with Crippen molar-refractivity contribution in [3.63, 3.8) is 0 Å². The zero-order valence-corrected chi connectivity index (χ0v) is 21.2. The van der Waals surface area contributed by atoms with Crippen molar-refractivity contribution in [2.75, 3.05) is 17.2 Å². The normalized spacial score (nSPS) is 11.1. The molecule has 0 bridgehead atoms. The second kappa shape index (κ2) is 12.2. The monoisotopic (exact) mass is 472 g/mol. The highest BCUT2D eigenvalue weighted by molar-refractivity contribution is 6.06. The zero-order valence-electron chi connectivity index (χ0n) is 21.2. The first kappa shape index (κ1) is 26.0. The maximum Gasteiger partial charge on any atom is 0.255 e. The first-order chi connectivity index (χ1) is 16.8. The summed E-state index contributed by atoms with van der Waals surface area (Å²) in [5, 5.41) is 5.79. The van der Waals surface area contributed by atoms with Crippen molar-refractivity contribution >= 4 is 23.2 Å². The second-order valence-corrected chi connectivity index (χ2v) is 9.75. The summed E-state index contributed by atoms with van der Waals surface area (Å²) in [6.45, 7) is 9.29. The number of nitrogens with one attached hydrogen (secondary N) is 2. The van der Waals surface area contributed by atoms with E-state index in [1.54, 1.807) is 36.4 Å². The van der Waals surface area contributed by atoms with Gasteiger partial charge in [-0.05, 0) is 72.0 Å². The highest BCUT2D eigenvalue weighted by Gasteiger charge is 2.14. The van der Waals surface area contributed by atoms with Gasteiger partial charge in [0.25, 0.3) is 11.8 Å². The van der Waals surface area contributed by atoms with Crippen molar-refractivity contribution in [2.45, 2.75) is 58.8 Å². The summed E-state index contributed by atoms with van der Waals surface area (Å²) in [5.41, 5.74) is 3.54. The Bertz CT molecular complexity index is 1110. The predicted molar refractivity (Wildman–Crippen MR) is 144 cm³/mol. The van der Waals surface area contributed by atoms with Crippen LogP contribution in [0, 0.1) is 0 Å². The van der Waals surface area contributed by atoms with Gasteiger partial charge in [-0.2, -0.15) is 0 Å². The second-order valence-electron chi connectivity index (χ2n) is 9.75. The van der Waals surface area contributed by atoms with Crippen LogP contribution in [0.2, 0.25) is 0 Å². The van der Waals surface area contributed by atoms with Gasteiger partial charge in [-0.1, -0.05) is 65.2 Å². The van der Waals surface area contributed by atoms with Gasteiger partial charge in [0.2, 0.25) is 0 Å². The lowest BCUT2D eigenvalue weighted by molar-refractivity contribution is 0.101. The summed E-state index contributed by atoms with van der Waals surface area (Å²) in [4.78, 5) is 25.4. The van der Waals surface area contributed by atoms with Crippen molar-refractivity contribution in [1.82, 2.24) is 0 Å². The van der Waals surface area contributed by atoms with E-state index in [2.05, 4.69) is 38.3 Å². The summed E-state index contributed by atoms with van der Waals surface area (Å²) in [7, 11) is 0. The van der Waals surface area contributed by atoms with Crippen LogP contribution < -0.4 is 15.4 Å². The fourth-order valence-electron chi connectivity index (χ4n) is 3.62. The van der Waals surface area contributed by atoms with Crippen molar-refractivity contribution in [3.8, 4) is 5.75 Å². The molecule has 0 heterocycles. The van der Waals surface area contributed by atoms with Crippen molar-refractivity contribution in [2.24, 2.45) is 0 Å². The third-order valence-corrected chi connectivity index (χ3v) is 5.77. The highest BCUT2D eigenvalue weighted by atomic mass is 16.5. The maximum absolute atomic E-state index is 12.7. The lowest BCUT2D eigenvalue weighted by atomic mass is 9.87. The number of anilines is 2. The van der Waals surface area contributed by atoms with E-state index in [-0.39, 0.29) is 17.2 Å². The molecule has 0 aliphatic rings. The number of rotatable bonds is 10. The Morgan fingerprint density at radius 2 is 1.29 bits per heavy atom. The number of hydrogen-bond donors (Lipinski definition) is 2. The number of carbonyl (C=O) groups excluding carboxylic acids is 2. The minimum Gasteiger partial charge on any atom is -0.494 e. The van der Waals surface area contributed by atoms with Gasteiger partial charge >= 0.3 is 0 Å². The Hall–Kier alpha value is -3.60. The van der Waals surface area contributed by atoms with Crippen molar-refractivity contribution in [1.29, 1.82) is 0 Å². The number of ether oxygens (including phenoxy) is 1. The average Bonchev–Trinajstić information content (AvgIpc) is 2.84. The standard InChI is InChI=1S/C30H36N2O3/c1-5-6-7-8-20-35-27-18-14-23(15-19-27)29(34)32-26-11-9-10-25(21-26)31-28(33)22-12-16-24(17-13-22)30(2,3)4/h9-19,21H,5-8,20H2,1-4H3,(H,31,33)(H,32,34). The van der Waals surface area contributed by atoms with Crippen LogP contribution in [0.3, 0.4) is 0 Å². The molecule has 5 heteroatoms. The SMILES string of the molecule is CCCCCCOc1ccc(C(=O)Nc2cccc(NC(=O)c3ccc(C(C)(C)C)cc3)c2)cc1. The first-order valence-corrected chi connectivity index (χ1v) is 12.3. The minimum absolute atomic E-state index is 0.0309. The summed E-state index contributed by atoms with van der Waals surface area (Å²) >= 11 is 0. The van der Waals surface area contributed by atoms with E-state index in [9.17, 15) is 9.59 Å². The van der Waals surface area contributed by atoms with Crippen molar-refractivity contribution < 1.29 is 14.3 Å². The maximum atomic E-state index is 12.7. The molecule has 0 aliphatic heterocycles. The molecule has 3 aromatic carbocycles. The van der Waals surface area contributed by atoms with E-state index >= 15 is 0 Å². The van der Waals surface area contributed by atoms with Crippen LogP contribution in [-0.2, 0) is 5.41 Å². The first-order valence-electron chi connectivity index (χ1n) is 12.3. The van der Waals surface area contributed by atoms with Gasteiger partial charge in [-0.25, -0.2) is 0 Å². The van der Waals surface area contributed by atoms with Gasteiger partial charge in [-0.3, -0.25) is 9.59 Å². The van der Waals surface area contributed by atoms with E-state index in [0.717, 1.165) is 12.2 Å². The molecule has 0 saturated carbocycles. The van der Waals surface area contributed by atoms with E-state index in [1.165, 1.54) is 24.8 Å². The number of amides is 2. The molecule has 0 spiro atoms. The number of hydrogen-bond acceptors (Lipinski definition) is 3. The molecule has 5 nitrogen and oxygen atoms in total. The van der Waals surface area contributed by atoms with Gasteiger partial charge < -0.3 is 15.4 Å². The molecule has 0 fully saturated rings. The average molecular weight is 473 g/mol. The van der Waals surface area contributed by atoms with Crippen LogP contribution in [0.4, 0.5) is 11.4 Å². The lowest BCUT2D eigenvalue weighted by Crippen LogP contribution is -2.15. The Morgan fingerprint density at radius 1 is 0.743 bits per heavy atom. The van der Waals surface area contributed by atoms with E-state index in [4.69, 9.17) is 4.74 Å². The molecule has 2 N–H and O–H groups in total. The van der Waals surface area contributed by atoms with Gasteiger partial charge in [0, 0.05) is 22.5 Å². The van der Waals surface area contributed by atoms with Crippen LogP contribution in [0.25, 0.3) is 0 Å². The molecule has 0 radical (unpaired) electrons. The zero-order chi connectivity index (χ0) is 25.3. The van der Waals surface area contributed by atoms with Gasteiger partial charge in [0.15, 0.2) is 0 Å². The van der Waals surface area contributed by atoms with Crippen LogP contribution in [0.1, 0.15) is 79.7 Å². The van der Waals surface area contributed by atoms with E-state index in [0.29, 0.717) is 29.1 Å². The number of benzene rings is 3. The Morgan fingerprint density at radius 3 is 1.80 bits per heavy atom. The van der Waals surface area contributed by atoms with Gasteiger partial charge in [0.05, 0.1) is 6.61 Å². The molecule has 0 aliphatic carbocycles. The molecule has 184 valence electrons. The molecule has 2 amide bonds. The summed E-state index contributed by atoms with van der Waals surface area (Å²) in [6, 6.07) is 21.9. The lowest BCUT2D eigenvalue weighted by Gasteiger charge is -2.19. The fraction of sp³-hybridized carbons (Fsp3) is 0.333. The van der Waals surface area contributed by atoms with Gasteiger partial charge in [-0.15, -0.1) is 0 Å². The highest BCUT2D eigenvalue weighted by Crippen LogP contribution is 2.23. The molecule has 0 unspecified atom stereocenters. The number of carbonyl (C=O) groups is 2. The molecule has 0 atom stereocenters. The van der Waals surface area contributed by atoms with E-state index < -0.39 is 0 Å². The predicted octanol–water partition coefficient (Wildman–Crippen LogP) is 7.45. The Balaban J connectivity index is 1.56. The smallest absolute Gasteiger partial charge is 0.255 e. The molecular weight excluding hydrogens is 436 g/mol.